The van der Waals surface area contributed by atoms with Crippen molar-refractivity contribution < 1.29 is 22.7 Å². The van der Waals surface area contributed by atoms with Gasteiger partial charge in [-0.2, -0.15) is 13.2 Å². The highest BCUT2D eigenvalue weighted by Crippen LogP contribution is 2.30. The fourth-order valence-electron chi connectivity index (χ4n) is 4.01. The molecule has 1 aliphatic heterocycles. The van der Waals surface area contributed by atoms with Crippen molar-refractivity contribution in [3.63, 3.8) is 0 Å². The molecule has 1 saturated heterocycles. The molecule has 0 bridgehead atoms. The van der Waals surface area contributed by atoms with Gasteiger partial charge in [-0.05, 0) is 46.8 Å². The van der Waals surface area contributed by atoms with Gasteiger partial charge in [-0.3, -0.25) is 9.69 Å². The third kappa shape index (κ3) is 7.30. The Hall–Kier alpha value is -2.39. The van der Waals surface area contributed by atoms with Crippen molar-refractivity contribution in [2.24, 2.45) is 0 Å². The fraction of sp³-hybridized carbons (Fsp3) is 0.346. The maximum Gasteiger partial charge on any atom is 0.416 e. The van der Waals surface area contributed by atoms with Crippen LogP contribution < -0.4 is 0 Å². The van der Waals surface area contributed by atoms with Gasteiger partial charge in [0.05, 0.1) is 24.7 Å². The summed E-state index contributed by atoms with van der Waals surface area (Å²) >= 11 is 7.64. The summed E-state index contributed by atoms with van der Waals surface area (Å²) in [5.74, 6) is 0.139. The van der Waals surface area contributed by atoms with Gasteiger partial charge in [-0.25, -0.2) is 0 Å². The van der Waals surface area contributed by atoms with Crippen molar-refractivity contribution in [1.82, 2.24) is 9.80 Å². The van der Waals surface area contributed by atoms with E-state index in [1.54, 1.807) is 23.5 Å². The van der Waals surface area contributed by atoms with Crippen LogP contribution in [0.3, 0.4) is 0 Å². The molecule has 9 heteroatoms. The van der Waals surface area contributed by atoms with Crippen LogP contribution in [-0.4, -0.2) is 48.4 Å². The average Bonchev–Trinajstić information content (AvgIpc) is 3.35. The molecule has 1 amide bonds. The molecule has 1 atom stereocenters. The molecule has 35 heavy (non-hydrogen) atoms. The van der Waals surface area contributed by atoms with Crippen molar-refractivity contribution in [2.45, 2.75) is 25.3 Å². The Labute approximate surface area is 211 Å². The zero-order valence-electron chi connectivity index (χ0n) is 19.0. The smallest absolute Gasteiger partial charge is 0.368 e. The largest absolute Gasteiger partial charge is 0.416 e. The molecule has 4 rings (SSSR count). The predicted octanol–water partition coefficient (Wildman–Crippen LogP) is 6.07. The third-order valence-electron chi connectivity index (χ3n) is 6.03. The van der Waals surface area contributed by atoms with Gasteiger partial charge in [-0.1, -0.05) is 41.9 Å². The number of halogens is 4. The van der Waals surface area contributed by atoms with E-state index in [1.807, 2.05) is 34.5 Å². The molecule has 1 aliphatic rings. The molecule has 1 aromatic heterocycles. The minimum absolute atomic E-state index is 0.139. The lowest BCUT2D eigenvalue weighted by atomic mass is 10.1. The first kappa shape index (κ1) is 25.7. The molecule has 186 valence electrons. The van der Waals surface area contributed by atoms with Gasteiger partial charge in [0.25, 0.3) is 0 Å². The lowest BCUT2D eigenvalue weighted by Crippen LogP contribution is -2.50. The Morgan fingerprint density at radius 1 is 1.00 bits per heavy atom. The van der Waals surface area contributed by atoms with Crippen LogP contribution in [0.1, 0.15) is 27.7 Å². The summed E-state index contributed by atoms with van der Waals surface area (Å²) in [5.41, 5.74) is 0.931. The van der Waals surface area contributed by atoms with Gasteiger partial charge in [-0.15, -0.1) is 11.3 Å². The quantitative estimate of drug-likeness (QED) is 0.360. The van der Waals surface area contributed by atoms with E-state index in [2.05, 4.69) is 4.90 Å². The number of hydrogen-bond acceptors (Lipinski definition) is 4. The Balaban J connectivity index is 1.35. The van der Waals surface area contributed by atoms with Crippen LogP contribution in [0.4, 0.5) is 13.2 Å². The summed E-state index contributed by atoms with van der Waals surface area (Å²) in [6.45, 7) is 3.54. The first-order valence-corrected chi connectivity index (χ1v) is 12.6. The standard InChI is InChI=1S/C26H26ClF3N2O2S/c27-22-9-5-20(6-10-22)24(34-18-19-3-7-21(8-4-19)26(28,29)30)17-31-11-13-32(14-12-31)25(33)16-23-2-1-15-35-23/h1-10,15,24H,11-14,16-18H2/t24-/m1/s1. The lowest BCUT2D eigenvalue weighted by molar-refractivity contribution is -0.137. The van der Waals surface area contributed by atoms with E-state index >= 15 is 0 Å². The highest BCUT2D eigenvalue weighted by Gasteiger charge is 2.30. The van der Waals surface area contributed by atoms with Gasteiger partial charge in [0.2, 0.25) is 5.91 Å². The Morgan fingerprint density at radius 3 is 2.29 bits per heavy atom. The maximum absolute atomic E-state index is 12.8. The molecule has 0 aliphatic carbocycles. The van der Waals surface area contributed by atoms with E-state index in [0.717, 1.165) is 35.7 Å². The van der Waals surface area contributed by atoms with Crippen LogP contribution in [0.2, 0.25) is 5.02 Å². The normalized spacial score (nSPS) is 15.8. The number of carbonyl (C=O) groups excluding carboxylic acids is 1. The van der Waals surface area contributed by atoms with Crippen molar-refractivity contribution in [3.8, 4) is 0 Å². The molecule has 0 spiro atoms. The van der Waals surface area contributed by atoms with Crippen LogP contribution in [0.5, 0.6) is 0 Å². The van der Waals surface area contributed by atoms with Crippen molar-refractivity contribution in [3.05, 3.63) is 92.6 Å². The SMILES string of the molecule is O=C(Cc1cccs1)N1CCN(C[C@@H](OCc2ccc(C(F)(F)F)cc2)c2ccc(Cl)cc2)CC1. The van der Waals surface area contributed by atoms with E-state index in [9.17, 15) is 18.0 Å². The number of carbonyl (C=O) groups is 1. The molecule has 0 unspecified atom stereocenters. The van der Waals surface area contributed by atoms with E-state index in [-0.39, 0.29) is 18.6 Å². The minimum Gasteiger partial charge on any atom is -0.368 e. The predicted molar refractivity (Wildman–Crippen MR) is 131 cm³/mol. The number of ether oxygens (including phenoxy) is 1. The third-order valence-corrected chi connectivity index (χ3v) is 7.16. The van der Waals surface area contributed by atoms with Crippen LogP contribution in [0, 0.1) is 0 Å². The average molecular weight is 523 g/mol. The summed E-state index contributed by atoms with van der Waals surface area (Å²) in [7, 11) is 0. The maximum atomic E-state index is 12.8. The Morgan fingerprint density at radius 2 is 1.69 bits per heavy atom. The summed E-state index contributed by atoms with van der Waals surface area (Å²) in [6, 6.07) is 16.4. The molecule has 1 fully saturated rings. The number of thiophene rings is 1. The van der Waals surface area contributed by atoms with E-state index in [4.69, 9.17) is 16.3 Å². The summed E-state index contributed by atoms with van der Waals surface area (Å²) in [4.78, 5) is 17.8. The van der Waals surface area contributed by atoms with E-state index in [0.29, 0.717) is 36.6 Å². The van der Waals surface area contributed by atoms with Crippen molar-refractivity contribution in [2.75, 3.05) is 32.7 Å². The Kier molecular flexibility index (Phi) is 8.49. The topological polar surface area (TPSA) is 32.8 Å². The molecular formula is C26H26ClF3N2O2S. The van der Waals surface area contributed by atoms with Gasteiger partial charge >= 0.3 is 6.18 Å². The van der Waals surface area contributed by atoms with Crippen LogP contribution >= 0.6 is 22.9 Å². The molecule has 4 nitrogen and oxygen atoms in total. The first-order valence-electron chi connectivity index (χ1n) is 11.3. The number of amides is 1. The van der Waals surface area contributed by atoms with E-state index in [1.165, 1.54) is 12.1 Å². The number of nitrogens with zero attached hydrogens (tertiary/aromatic N) is 2. The van der Waals surface area contributed by atoms with Crippen molar-refractivity contribution >= 4 is 28.8 Å². The van der Waals surface area contributed by atoms with E-state index < -0.39 is 11.7 Å². The first-order chi connectivity index (χ1) is 16.8. The van der Waals surface area contributed by atoms with Crippen molar-refractivity contribution in [1.29, 1.82) is 0 Å². The monoisotopic (exact) mass is 522 g/mol. The molecule has 0 radical (unpaired) electrons. The zero-order valence-corrected chi connectivity index (χ0v) is 20.6. The second-order valence-electron chi connectivity index (χ2n) is 8.48. The Bertz CT molecular complexity index is 1080. The lowest BCUT2D eigenvalue weighted by Gasteiger charge is -2.36. The van der Waals surface area contributed by atoms with Crippen LogP contribution in [-0.2, 0) is 28.7 Å². The molecule has 3 aromatic rings. The van der Waals surface area contributed by atoms with Crippen LogP contribution in [0.25, 0.3) is 0 Å². The molecule has 0 saturated carbocycles. The zero-order chi connectivity index (χ0) is 24.8. The molecule has 2 aromatic carbocycles. The number of alkyl halides is 3. The number of benzene rings is 2. The van der Waals surface area contributed by atoms with Gasteiger partial charge in [0.1, 0.15) is 0 Å². The molecule has 0 N–H and O–H groups in total. The number of rotatable bonds is 8. The van der Waals surface area contributed by atoms with Gasteiger partial charge in [0, 0.05) is 42.6 Å². The minimum atomic E-state index is -4.36. The number of piperazine rings is 1. The molecule has 2 heterocycles. The van der Waals surface area contributed by atoms with Crippen LogP contribution in [0.15, 0.2) is 66.0 Å². The van der Waals surface area contributed by atoms with Gasteiger partial charge < -0.3 is 9.64 Å². The fourth-order valence-corrected chi connectivity index (χ4v) is 4.83. The van der Waals surface area contributed by atoms with Gasteiger partial charge in [0.15, 0.2) is 0 Å². The summed E-state index contributed by atoms with van der Waals surface area (Å²) in [6.07, 6.45) is -4.22. The number of hydrogen-bond donors (Lipinski definition) is 0. The second kappa shape index (κ2) is 11.6. The summed E-state index contributed by atoms with van der Waals surface area (Å²) in [5, 5.41) is 2.59. The highest BCUT2D eigenvalue weighted by atomic mass is 35.5. The highest BCUT2D eigenvalue weighted by molar-refractivity contribution is 7.10. The molecular weight excluding hydrogens is 497 g/mol. The second-order valence-corrected chi connectivity index (χ2v) is 9.95. The summed E-state index contributed by atoms with van der Waals surface area (Å²) < 4.78 is 44.7.